The number of rotatable bonds is 8. The number of hydrogen-bond donors (Lipinski definition) is 1. The van der Waals surface area contributed by atoms with E-state index >= 15 is 0 Å². The molecule has 3 aromatic carbocycles. The van der Waals surface area contributed by atoms with Crippen molar-refractivity contribution in [1.82, 2.24) is 0 Å². The highest BCUT2D eigenvalue weighted by Gasteiger charge is 2.13. The Kier molecular flexibility index (Phi) is 8.15. The van der Waals surface area contributed by atoms with Crippen LogP contribution in [0.1, 0.15) is 18.1 Å². The van der Waals surface area contributed by atoms with Gasteiger partial charge in [-0.05, 0) is 54.5 Å². The summed E-state index contributed by atoms with van der Waals surface area (Å²) in [5.74, 6) is 0.494. The molecule has 0 aliphatic carbocycles. The van der Waals surface area contributed by atoms with E-state index in [1.54, 1.807) is 30.3 Å². The molecule has 1 amide bonds. The SMILES string of the molecule is CCOc1cc(/C=C(/C#N)C(=O)Nc2cc(Cl)ccc2Cl)ccc1OCc1ccccc1. The zero-order valence-corrected chi connectivity index (χ0v) is 18.8. The van der Waals surface area contributed by atoms with E-state index in [4.69, 9.17) is 32.7 Å². The maximum atomic E-state index is 12.6. The zero-order valence-electron chi connectivity index (χ0n) is 17.3. The molecule has 0 saturated carbocycles. The molecular weight excluding hydrogens is 447 g/mol. The molecule has 32 heavy (non-hydrogen) atoms. The Balaban J connectivity index is 1.80. The summed E-state index contributed by atoms with van der Waals surface area (Å²) in [5.41, 5.74) is 1.87. The van der Waals surface area contributed by atoms with Gasteiger partial charge < -0.3 is 14.8 Å². The highest BCUT2D eigenvalue weighted by Crippen LogP contribution is 2.30. The quantitative estimate of drug-likeness (QED) is 0.303. The number of carbonyl (C=O) groups excluding carboxylic acids is 1. The Morgan fingerprint density at radius 3 is 2.53 bits per heavy atom. The maximum absolute atomic E-state index is 12.6. The summed E-state index contributed by atoms with van der Waals surface area (Å²) in [6.07, 6.45) is 1.47. The summed E-state index contributed by atoms with van der Waals surface area (Å²) >= 11 is 12.0. The highest BCUT2D eigenvalue weighted by atomic mass is 35.5. The van der Waals surface area contributed by atoms with Gasteiger partial charge in [0.2, 0.25) is 0 Å². The molecule has 0 bridgehead atoms. The van der Waals surface area contributed by atoms with Gasteiger partial charge in [-0.15, -0.1) is 0 Å². The number of nitrogens with zero attached hydrogens (tertiary/aromatic N) is 1. The van der Waals surface area contributed by atoms with Crippen LogP contribution in [0.25, 0.3) is 6.08 Å². The van der Waals surface area contributed by atoms with Gasteiger partial charge in [0.25, 0.3) is 5.91 Å². The Hall–Kier alpha value is -3.46. The van der Waals surface area contributed by atoms with Gasteiger partial charge in [-0.1, -0.05) is 59.6 Å². The first-order chi connectivity index (χ1) is 15.5. The predicted octanol–water partition coefficient (Wildman–Crippen LogP) is 6.52. The Bertz CT molecular complexity index is 1170. The minimum absolute atomic E-state index is 0.0959. The number of nitriles is 1. The molecule has 5 nitrogen and oxygen atoms in total. The van der Waals surface area contributed by atoms with Crippen LogP contribution in [0.3, 0.4) is 0 Å². The molecule has 0 unspecified atom stereocenters. The molecular formula is C25H20Cl2N2O3. The van der Waals surface area contributed by atoms with Crippen molar-refractivity contribution in [2.45, 2.75) is 13.5 Å². The highest BCUT2D eigenvalue weighted by molar-refractivity contribution is 6.36. The largest absolute Gasteiger partial charge is 0.490 e. The summed E-state index contributed by atoms with van der Waals surface area (Å²) in [7, 11) is 0. The van der Waals surface area contributed by atoms with Gasteiger partial charge in [0.05, 0.1) is 17.3 Å². The van der Waals surface area contributed by atoms with Gasteiger partial charge in [-0.25, -0.2) is 0 Å². The lowest BCUT2D eigenvalue weighted by atomic mass is 10.1. The lowest BCUT2D eigenvalue weighted by Crippen LogP contribution is -2.13. The summed E-state index contributed by atoms with van der Waals surface area (Å²) < 4.78 is 11.6. The third kappa shape index (κ3) is 6.27. The fourth-order valence-electron chi connectivity index (χ4n) is 2.84. The Morgan fingerprint density at radius 1 is 1.03 bits per heavy atom. The lowest BCUT2D eigenvalue weighted by Gasteiger charge is -2.13. The molecule has 3 rings (SSSR count). The van der Waals surface area contributed by atoms with Gasteiger partial charge in [0, 0.05) is 5.02 Å². The van der Waals surface area contributed by atoms with E-state index in [9.17, 15) is 10.1 Å². The summed E-state index contributed by atoms with van der Waals surface area (Å²) in [4.78, 5) is 12.6. The molecule has 0 aliphatic heterocycles. The van der Waals surface area contributed by atoms with Crippen molar-refractivity contribution in [1.29, 1.82) is 5.26 Å². The molecule has 0 heterocycles. The third-order valence-corrected chi connectivity index (χ3v) is 4.92. The maximum Gasteiger partial charge on any atom is 0.266 e. The molecule has 0 radical (unpaired) electrons. The van der Waals surface area contributed by atoms with Crippen LogP contribution in [0.4, 0.5) is 5.69 Å². The van der Waals surface area contributed by atoms with Crippen LogP contribution in [-0.4, -0.2) is 12.5 Å². The standard InChI is InChI=1S/C25H20Cl2N2O3/c1-2-31-24-13-18(8-11-23(24)32-16-17-6-4-3-5-7-17)12-19(15-28)25(30)29-22-14-20(26)9-10-21(22)27/h3-14H,2,16H2,1H3,(H,29,30)/b19-12-. The van der Waals surface area contributed by atoms with Crippen LogP contribution in [-0.2, 0) is 11.4 Å². The van der Waals surface area contributed by atoms with Crippen molar-refractivity contribution in [3.8, 4) is 17.6 Å². The van der Waals surface area contributed by atoms with Crippen LogP contribution >= 0.6 is 23.2 Å². The Morgan fingerprint density at radius 2 is 1.81 bits per heavy atom. The molecule has 1 N–H and O–H groups in total. The molecule has 0 aromatic heterocycles. The first-order valence-corrected chi connectivity index (χ1v) is 10.6. The number of ether oxygens (including phenoxy) is 2. The third-order valence-electron chi connectivity index (χ3n) is 4.36. The predicted molar refractivity (Wildman–Crippen MR) is 127 cm³/mol. The monoisotopic (exact) mass is 466 g/mol. The summed E-state index contributed by atoms with van der Waals surface area (Å²) in [6, 6.07) is 21.6. The average molecular weight is 467 g/mol. The van der Waals surface area contributed by atoms with Crippen LogP contribution in [0.5, 0.6) is 11.5 Å². The van der Waals surface area contributed by atoms with Crippen LogP contribution < -0.4 is 14.8 Å². The normalized spacial score (nSPS) is 10.9. The molecule has 0 aliphatic rings. The zero-order chi connectivity index (χ0) is 22.9. The van der Waals surface area contributed by atoms with Crippen molar-refractivity contribution < 1.29 is 14.3 Å². The second-order valence-corrected chi connectivity index (χ2v) is 7.51. The number of halogens is 2. The van der Waals surface area contributed by atoms with E-state index in [1.807, 2.05) is 43.3 Å². The molecule has 0 saturated heterocycles. The number of hydrogen-bond acceptors (Lipinski definition) is 4. The van der Waals surface area contributed by atoms with Gasteiger partial charge in [-0.3, -0.25) is 4.79 Å². The second-order valence-electron chi connectivity index (χ2n) is 6.66. The number of nitrogens with one attached hydrogen (secondary N) is 1. The first-order valence-electron chi connectivity index (χ1n) is 9.82. The summed E-state index contributed by atoms with van der Waals surface area (Å²) in [6.45, 7) is 2.70. The van der Waals surface area contributed by atoms with Gasteiger partial charge in [-0.2, -0.15) is 5.26 Å². The molecule has 3 aromatic rings. The number of benzene rings is 3. The second kappa shape index (κ2) is 11.2. The number of amides is 1. The van der Waals surface area contributed by atoms with E-state index in [-0.39, 0.29) is 5.57 Å². The van der Waals surface area contributed by atoms with Crippen LogP contribution in [0.15, 0.2) is 72.3 Å². The van der Waals surface area contributed by atoms with Crippen molar-refractivity contribution in [3.05, 3.63) is 93.5 Å². The molecule has 0 spiro atoms. The lowest BCUT2D eigenvalue weighted by molar-refractivity contribution is -0.112. The van der Waals surface area contributed by atoms with E-state index in [1.165, 1.54) is 12.1 Å². The number of carbonyl (C=O) groups is 1. The minimum Gasteiger partial charge on any atom is -0.490 e. The topological polar surface area (TPSA) is 71.3 Å². The Labute approximate surface area is 196 Å². The van der Waals surface area contributed by atoms with Crippen molar-refractivity contribution in [3.63, 3.8) is 0 Å². The van der Waals surface area contributed by atoms with E-state index in [0.29, 0.717) is 46.0 Å². The van der Waals surface area contributed by atoms with E-state index in [2.05, 4.69) is 5.32 Å². The molecule has 0 atom stereocenters. The van der Waals surface area contributed by atoms with Crippen molar-refractivity contribution in [2.75, 3.05) is 11.9 Å². The van der Waals surface area contributed by atoms with Gasteiger partial charge in [0.1, 0.15) is 18.2 Å². The van der Waals surface area contributed by atoms with Crippen LogP contribution in [0.2, 0.25) is 10.0 Å². The fourth-order valence-corrected chi connectivity index (χ4v) is 3.17. The first kappa shape index (κ1) is 23.2. The van der Waals surface area contributed by atoms with Crippen molar-refractivity contribution in [2.24, 2.45) is 0 Å². The molecule has 0 fully saturated rings. The van der Waals surface area contributed by atoms with Crippen LogP contribution in [0, 0.1) is 11.3 Å². The smallest absolute Gasteiger partial charge is 0.266 e. The molecule has 7 heteroatoms. The van der Waals surface area contributed by atoms with E-state index in [0.717, 1.165) is 5.56 Å². The fraction of sp³-hybridized carbons (Fsp3) is 0.120. The minimum atomic E-state index is -0.598. The van der Waals surface area contributed by atoms with Gasteiger partial charge >= 0.3 is 0 Å². The van der Waals surface area contributed by atoms with Crippen molar-refractivity contribution >= 4 is 40.9 Å². The average Bonchev–Trinajstić information content (AvgIpc) is 2.80. The molecule has 162 valence electrons. The van der Waals surface area contributed by atoms with E-state index < -0.39 is 5.91 Å². The summed E-state index contributed by atoms with van der Waals surface area (Å²) in [5, 5.41) is 12.8. The van der Waals surface area contributed by atoms with Gasteiger partial charge in [0.15, 0.2) is 11.5 Å². The number of anilines is 1.